The minimum Gasteiger partial charge on any atom is -0.504 e. The average molecular weight is 744 g/mol. The standard InChI is InChI=1S/C24H21N9O9S4.ClH/c25-23-27-11(7-44-23)15(32-42-4-14(36)29-30-18(37)9-1-2-12(34)13(35)3-9)19(38)28-16-20(39)33-17(22(40)41)10(5-43-21(16)33)6-45-24-31-26-8-46-24;/h1-3,7-8,16,21,34-35H,4-6H2,(H2,25,27)(H,28,38)(H,29,36)(H,30,37)(H,40,41);1H/t16?,21-;/m0./s1. The number of anilines is 1. The number of carbonyl (C=O) groups excluding carboxylic acids is 4. The SMILES string of the molecule is Cl.Nc1nc(C(=NOCC(=O)NNC(=O)c2ccc(O)c(O)c2)C(=O)NC2C(=O)N3C(C(=O)O)=C(CSc4nncs4)CS[C@@H]23)cs1. The van der Waals surface area contributed by atoms with E-state index in [0.717, 1.165) is 28.4 Å². The van der Waals surface area contributed by atoms with E-state index in [4.69, 9.17) is 10.6 Å². The van der Waals surface area contributed by atoms with Crippen LogP contribution < -0.4 is 21.9 Å². The zero-order chi connectivity index (χ0) is 33.0. The highest BCUT2D eigenvalue weighted by molar-refractivity contribution is 8.01. The molecule has 0 bridgehead atoms. The van der Waals surface area contributed by atoms with Crippen molar-refractivity contribution in [2.75, 3.05) is 23.8 Å². The number of nitrogen functional groups attached to an aromatic ring is 1. The maximum absolute atomic E-state index is 13.3. The number of hydrazine groups is 1. The number of hydrogen-bond acceptors (Lipinski definition) is 17. The van der Waals surface area contributed by atoms with Crippen LogP contribution in [0.25, 0.3) is 0 Å². The molecule has 8 N–H and O–H groups in total. The number of aromatic nitrogens is 3. The number of carbonyl (C=O) groups is 5. The summed E-state index contributed by atoms with van der Waals surface area (Å²) in [7, 11) is 0. The highest BCUT2D eigenvalue weighted by Gasteiger charge is 2.54. The zero-order valence-corrected chi connectivity index (χ0v) is 27.4. The Morgan fingerprint density at radius 2 is 1.96 bits per heavy atom. The maximum Gasteiger partial charge on any atom is 0.352 e. The molecule has 0 saturated carbocycles. The van der Waals surface area contributed by atoms with Gasteiger partial charge in [-0.2, -0.15) is 0 Å². The van der Waals surface area contributed by atoms with Crippen molar-refractivity contribution in [3.63, 3.8) is 0 Å². The molecule has 3 aromatic rings. The number of thioether (sulfide) groups is 2. The second-order valence-corrected chi connectivity index (χ2v) is 13.2. The van der Waals surface area contributed by atoms with Crippen LogP contribution in [-0.4, -0.2) is 100 Å². The number of halogens is 1. The summed E-state index contributed by atoms with van der Waals surface area (Å²) in [6.07, 6.45) is 0. The fourth-order valence-corrected chi connectivity index (χ4v) is 7.56. The molecule has 23 heteroatoms. The molecule has 18 nitrogen and oxygen atoms in total. The van der Waals surface area contributed by atoms with Crippen LogP contribution in [0, 0.1) is 0 Å². The van der Waals surface area contributed by atoms with Crippen LogP contribution in [-0.2, 0) is 24.0 Å². The number of thiazole rings is 1. The lowest BCUT2D eigenvalue weighted by molar-refractivity contribution is -0.150. The van der Waals surface area contributed by atoms with Gasteiger partial charge in [0, 0.05) is 22.4 Å². The first-order valence-corrected chi connectivity index (χ1v) is 16.4. The molecule has 1 saturated heterocycles. The third-order valence-electron chi connectivity index (χ3n) is 6.13. The van der Waals surface area contributed by atoms with Crippen LogP contribution in [0.5, 0.6) is 11.5 Å². The van der Waals surface area contributed by atoms with Gasteiger partial charge >= 0.3 is 5.97 Å². The summed E-state index contributed by atoms with van der Waals surface area (Å²) in [6.45, 7) is -0.767. The summed E-state index contributed by atoms with van der Waals surface area (Å²) in [6, 6.07) is 2.19. The summed E-state index contributed by atoms with van der Waals surface area (Å²) in [5, 5.41) is 43.5. The van der Waals surface area contributed by atoms with E-state index in [2.05, 4.69) is 36.5 Å². The number of benzene rings is 1. The van der Waals surface area contributed by atoms with Gasteiger partial charge < -0.3 is 31.2 Å². The number of nitrogens with two attached hydrogens (primary N) is 1. The van der Waals surface area contributed by atoms with Crippen LogP contribution in [0.4, 0.5) is 5.13 Å². The van der Waals surface area contributed by atoms with E-state index in [-0.39, 0.29) is 40.2 Å². The molecule has 0 radical (unpaired) electrons. The second kappa shape index (κ2) is 15.3. The van der Waals surface area contributed by atoms with Crippen LogP contribution >= 0.6 is 58.6 Å². The number of rotatable bonds is 11. The van der Waals surface area contributed by atoms with Crippen molar-refractivity contribution in [3.05, 3.63) is 51.6 Å². The molecule has 4 heterocycles. The Morgan fingerprint density at radius 3 is 2.62 bits per heavy atom. The highest BCUT2D eigenvalue weighted by atomic mass is 35.5. The fraction of sp³-hybridized carbons (Fsp3) is 0.208. The van der Waals surface area contributed by atoms with Gasteiger partial charge in [-0.3, -0.25) is 34.9 Å². The number of nitrogens with zero attached hydrogens (tertiary/aromatic N) is 5. The van der Waals surface area contributed by atoms with Gasteiger partial charge in [0.15, 0.2) is 33.3 Å². The minimum absolute atomic E-state index is 0. The molecule has 1 unspecified atom stereocenters. The average Bonchev–Trinajstić information content (AvgIpc) is 3.72. The van der Waals surface area contributed by atoms with Crippen molar-refractivity contribution in [1.82, 2.24) is 36.2 Å². The van der Waals surface area contributed by atoms with E-state index < -0.39 is 64.8 Å². The fourth-order valence-electron chi connectivity index (χ4n) is 4.03. The molecule has 5 rings (SSSR count). The lowest BCUT2D eigenvalue weighted by Gasteiger charge is -2.49. The van der Waals surface area contributed by atoms with Crippen molar-refractivity contribution < 1.29 is 44.1 Å². The van der Waals surface area contributed by atoms with Crippen molar-refractivity contribution in [2.24, 2.45) is 5.16 Å². The number of amides is 4. The predicted octanol–water partition coefficient (Wildman–Crippen LogP) is 0.123. The third kappa shape index (κ3) is 8.02. The number of fused-ring (bicyclic) bond motifs is 1. The lowest BCUT2D eigenvalue weighted by atomic mass is 10.0. The van der Waals surface area contributed by atoms with Crippen LogP contribution in [0.15, 0.2) is 49.9 Å². The highest BCUT2D eigenvalue weighted by Crippen LogP contribution is 2.41. The Hall–Kier alpha value is -4.64. The van der Waals surface area contributed by atoms with Gasteiger partial charge in [0.1, 0.15) is 28.3 Å². The monoisotopic (exact) mass is 743 g/mol. The first kappa shape index (κ1) is 35.2. The van der Waals surface area contributed by atoms with Crippen LogP contribution in [0.1, 0.15) is 16.1 Å². The smallest absolute Gasteiger partial charge is 0.352 e. The molecular formula is C24H22ClN9O9S4. The summed E-state index contributed by atoms with van der Waals surface area (Å²) < 4.78 is 0.651. The molecule has 248 valence electrons. The van der Waals surface area contributed by atoms with Gasteiger partial charge in [-0.15, -0.1) is 45.7 Å². The molecular weight excluding hydrogens is 722 g/mol. The van der Waals surface area contributed by atoms with E-state index in [1.54, 1.807) is 5.51 Å². The van der Waals surface area contributed by atoms with E-state index >= 15 is 0 Å². The molecule has 4 amide bonds. The first-order valence-electron chi connectivity index (χ1n) is 12.7. The van der Waals surface area contributed by atoms with Gasteiger partial charge in [0.05, 0.1) is 0 Å². The molecule has 0 spiro atoms. The molecule has 2 atom stereocenters. The van der Waals surface area contributed by atoms with Gasteiger partial charge in [0.2, 0.25) is 0 Å². The van der Waals surface area contributed by atoms with Gasteiger partial charge in [-0.25, -0.2) is 9.78 Å². The predicted molar refractivity (Wildman–Crippen MR) is 172 cm³/mol. The number of aromatic hydroxyl groups is 2. The number of aliphatic carboxylic acids is 1. The Balaban J connectivity index is 0.00000500. The molecule has 2 aliphatic heterocycles. The Morgan fingerprint density at radius 1 is 1.17 bits per heavy atom. The van der Waals surface area contributed by atoms with Gasteiger partial charge in [-0.1, -0.05) is 28.3 Å². The Labute approximate surface area is 286 Å². The summed E-state index contributed by atoms with van der Waals surface area (Å²) in [5.41, 5.74) is 11.3. The van der Waals surface area contributed by atoms with Crippen molar-refractivity contribution in [3.8, 4) is 11.5 Å². The van der Waals surface area contributed by atoms with Crippen LogP contribution in [0.2, 0.25) is 0 Å². The van der Waals surface area contributed by atoms with Crippen molar-refractivity contribution in [2.45, 2.75) is 15.8 Å². The van der Waals surface area contributed by atoms with Gasteiger partial charge in [0.25, 0.3) is 23.6 Å². The summed E-state index contributed by atoms with van der Waals surface area (Å²) in [4.78, 5) is 73.0. The number of phenolic OH excluding ortho intramolecular Hbond substituents is 2. The number of β-lactam (4-membered cyclic amide) rings is 1. The van der Waals surface area contributed by atoms with Gasteiger partial charge in [-0.05, 0) is 23.8 Å². The van der Waals surface area contributed by atoms with E-state index in [1.807, 2.05) is 0 Å². The Kier molecular flexibility index (Phi) is 11.5. The number of phenols is 2. The topological polar surface area (TPSA) is 272 Å². The first-order chi connectivity index (χ1) is 22.0. The van der Waals surface area contributed by atoms with E-state index in [0.29, 0.717) is 15.7 Å². The quantitative estimate of drug-likeness (QED) is 0.0452. The maximum atomic E-state index is 13.3. The van der Waals surface area contributed by atoms with E-state index in [1.165, 1.54) is 46.3 Å². The third-order valence-corrected chi connectivity index (χ3v) is 10.1. The number of carboxylic acids is 1. The molecule has 0 aliphatic carbocycles. The molecule has 47 heavy (non-hydrogen) atoms. The number of carboxylic acid groups (broad SMARTS) is 1. The minimum atomic E-state index is -1.28. The molecule has 2 aromatic heterocycles. The largest absolute Gasteiger partial charge is 0.504 e. The number of hydrogen-bond donors (Lipinski definition) is 7. The lowest BCUT2D eigenvalue weighted by Crippen LogP contribution is -2.71. The summed E-state index contributed by atoms with van der Waals surface area (Å²) in [5.74, 6) is -4.90. The zero-order valence-electron chi connectivity index (χ0n) is 23.3. The number of oxime groups is 1. The second-order valence-electron chi connectivity index (χ2n) is 9.10. The normalized spacial score (nSPS) is 17.1. The van der Waals surface area contributed by atoms with E-state index in [9.17, 15) is 39.3 Å². The molecule has 1 fully saturated rings. The van der Waals surface area contributed by atoms with Crippen LogP contribution in [0.3, 0.4) is 0 Å². The summed E-state index contributed by atoms with van der Waals surface area (Å²) >= 11 is 4.88. The Bertz CT molecular complexity index is 1770. The number of nitrogens with one attached hydrogen (secondary N) is 3. The van der Waals surface area contributed by atoms with Crippen molar-refractivity contribution >= 4 is 99.0 Å². The van der Waals surface area contributed by atoms with Crippen molar-refractivity contribution in [1.29, 1.82) is 0 Å². The molecule has 2 aliphatic rings. The molecule has 1 aromatic carbocycles.